The van der Waals surface area contributed by atoms with Crippen LogP contribution >= 0.6 is 0 Å². The van der Waals surface area contributed by atoms with E-state index in [0.717, 1.165) is 18.7 Å². The summed E-state index contributed by atoms with van der Waals surface area (Å²) in [5.41, 5.74) is 0.944. The smallest absolute Gasteiger partial charge is 0.100 e. The molecule has 0 aliphatic carbocycles. The molecule has 1 aliphatic heterocycles. The molecular formula is C5H9NO. The van der Waals surface area contributed by atoms with Gasteiger partial charge >= 0.3 is 0 Å². The molecule has 0 aromatic rings. The highest BCUT2D eigenvalue weighted by Crippen LogP contribution is 1.90. The summed E-state index contributed by atoms with van der Waals surface area (Å²) in [7, 11) is 0. The number of hydrogen-bond acceptors (Lipinski definition) is 1. The highest BCUT2D eigenvalue weighted by Gasteiger charge is 2.05. The van der Waals surface area contributed by atoms with Crippen LogP contribution < -0.4 is 5.06 Å². The van der Waals surface area contributed by atoms with Gasteiger partial charge in [0.25, 0.3) is 0 Å². The molecule has 2 heteroatoms. The van der Waals surface area contributed by atoms with E-state index < -0.39 is 0 Å². The fourth-order valence-electron chi connectivity index (χ4n) is 0.731. The Morgan fingerprint density at radius 2 is 2.57 bits per heavy atom. The van der Waals surface area contributed by atoms with Crippen LogP contribution in [0.1, 0.15) is 13.3 Å². The molecule has 0 bridgehead atoms. The van der Waals surface area contributed by atoms with Crippen LogP contribution in [-0.2, 0) is 0 Å². The minimum Gasteiger partial charge on any atom is -0.629 e. The van der Waals surface area contributed by atoms with Crippen molar-refractivity contribution < 1.29 is 5.06 Å². The Morgan fingerprint density at radius 3 is 2.71 bits per heavy atom. The predicted octanol–water partition coefficient (Wildman–Crippen LogP) is -0.323. The van der Waals surface area contributed by atoms with Gasteiger partial charge in [-0.15, -0.1) is 0 Å². The van der Waals surface area contributed by atoms with Crippen LogP contribution in [0.25, 0.3) is 0 Å². The van der Waals surface area contributed by atoms with Gasteiger partial charge in [0, 0.05) is 13.3 Å². The molecule has 0 saturated carbocycles. The standard InChI is InChI=1S/C5H9NO/c1-5-3-2-4-6(5)7/h3,6H,2,4H2,1H3. The fraction of sp³-hybridized carbons (Fsp3) is 0.600. The van der Waals surface area contributed by atoms with Gasteiger partial charge in [-0.3, -0.25) is 0 Å². The van der Waals surface area contributed by atoms with Crippen LogP contribution in [0.5, 0.6) is 0 Å². The topological polar surface area (TPSA) is 27.5 Å². The molecule has 1 atom stereocenters. The molecule has 0 saturated heterocycles. The minimum atomic E-state index is 0.319. The van der Waals surface area contributed by atoms with E-state index in [1.54, 1.807) is 0 Å². The molecule has 1 heterocycles. The average molecular weight is 99.1 g/mol. The summed E-state index contributed by atoms with van der Waals surface area (Å²) in [4.78, 5) is 0. The van der Waals surface area contributed by atoms with Crippen LogP contribution in [0.2, 0.25) is 0 Å². The molecule has 2 nitrogen and oxygen atoms in total. The highest BCUT2D eigenvalue weighted by atomic mass is 16.5. The van der Waals surface area contributed by atoms with Gasteiger partial charge < -0.3 is 10.3 Å². The zero-order chi connectivity index (χ0) is 5.28. The Hall–Kier alpha value is -0.340. The van der Waals surface area contributed by atoms with E-state index >= 15 is 0 Å². The monoisotopic (exact) mass is 99.1 g/mol. The maximum Gasteiger partial charge on any atom is 0.100 e. The third kappa shape index (κ3) is 0.813. The van der Waals surface area contributed by atoms with Gasteiger partial charge in [0.1, 0.15) is 5.70 Å². The zero-order valence-electron chi connectivity index (χ0n) is 4.40. The maximum absolute atomic E-state index is 10.5. The molecule has 1 unspecified atom stereocenters. The van der Waals surface area contributed by atoms with E-state index in [1.165, 1.54) is 0 Å². The third-order valence-electron chi connectivity index (χ3n) is 1.26. The number of nitrogens with one attached hydrogen (secondary N) is 1. The summed E-state index contributed by atoms with van der Waals surface area (Å²) >= 11 is 0. The molecule has 0 aromatic heterocycles. The lowest BCUT2D eigenvalue weighted by Crippen LogP contribution is -3.03. The van der Waals surface area contributed by atoms with Crippen molar-refractivity contribution in [2.24, 2.45) is 0 Å². The summed E-state index contributed by atoms with van der Waals surface area (Å²) in [5.74, 6) is 0. The van der Waals surface area contributed by atoms with Crippen molar-refractivity contribution >= 4 is 0 Å². The van der Waals surface area contributed by atoms with Crippen LogP contribution in [0.15, 0.2) is 11.8 Å². The Bertz CT molecular complexity index is 98.3. The van der Waals surface area contributed by atoms with Crippen molar-refractivity contribution in [2.75, 3.05) is 6.54 Å². The zero-order valence-corrected chi connectivity index (χ0v) is 4.40. The lowest BCUT2D eigenvalue weighted by atomic mass is 10.4. The first-order valence-corrected chi connectivity index (χ1v) is 2.50. The van der Waals surface area contributed by atoms with Crippen LogP contribution in [0.4, 0.5) is 0 Å². The Kier molecular flexibility index (Phi) is 1.13. The number of allylic oxidation sites excluding steroid dienone is 1. The number of hydroxylamine groups is 2. The van der Waals surface area contributed by atoms with Gasteiger partial charge in [-0.2, -0.15) is 0 Å². The van der Waals surface area contributed by atoms with E-state index in [9.17, 15) is 5.21 Å². The lowest BCUT2D eigenvalue weighted by molar-refractivity contribution is -0.799. The van der Waals surface area contributed by atoms with E-state index in [-0.39, 0.29) is 0 Å². The first-order valence-electron chi connectivity index (χ1n) is 2.50. The molecule has 0 radical (unpaired) electrons. The second-order valence-electron chi connectivity index (χ2n) is 1.85. The van der Waals surface area contributed by atoms with Crippen molar-refractivity contribution in [1.82, 2.24) is 0 Å². The Balaban J connectivity index is 2.54. The SMILES string of the molecule is CC1=CCC[NH+]1[O-]. The fourth-order valence-corrected chi connectivity index (χ4v) is 0.731. The molecule has 0 spiro atoms. The maximum atomic E-state index is 10.5. The molecule has 40 valence electrons. The van der Waals surface area contributed by atoms with E-state index in [1.807, 2.05) is 13.0 Å². The molecule has 0 aromatic carbocycles. The number of hydrogen-bond donors (Lipinski definition) is 1. The average Bonchev–Trinajstić information content (AvgIpc) is 1.91. The van der Waals surface area contributed by atoms with Gasteiger partial charge in [-0.05, 0) is 6.08 Å². The Morgan fingerprint density at radius 1 is 1.86 bits per heavy atom. The van der Waals surface area contributed by atoms with Crippen molar-refractivity contribution in [3.63, 3.8) is 0 Å². The molecular weight excluding hydrogens is 90.1 g/mol. The first kappa shape index (κ1) is 4.81. The van der Waals surface area contributed by atoms with E-state index in [4.69, 9.17) is 0 Å². The second kappa shape index (κ2) is 1.64. The van der Waals surface area contributed by atoms with Gasteiger partial charge in [0.05, 0.1) is 6.54 Å². The Labute approximate surface area is 43.0 Å². The molecule has 0 fully saturated rings. The molecule has 1 aliphatic rings. The lowest BCUT2D eigenvalue weighted by Gasteiger charge is -2.14. The normalized spacial score (nSPS) is 30.6. The van der Waals surface area contributed by atoms with Crippen LogP contribution in [0.3, 0.4) is 0 Å². The highest BCUT2D eigenvalue weighted by molar-refractivity contribution is 4.90. The van der Waals surface area contributed by atoms with E-state index in [2.05, 4.69) is 0 Å². The minimum absolute atomic E-state index is 0.319. The second-order valence-corrected chi connectivity index (χ2v) is 1.85. The van der Waals surface area contributed by atoms with Crippen molar-refractivity contribution in [2.45, 2.75) is 13.3 Å². The summed E-state index contributed by atoms with van der Waals surface area (Å²) in [6.45, 7) is 2.61. The predicted molar refractivity (Wildman–Crippen MR) is 27.6 cm³/mol. The number of quaternary nitrogens is 1. The van der Waals surface area contributed by atoms with Crippen molar-refractivity contribution in [3.05, 3.63) is 17.0 Å². The van der Waals surface area contributed by atoms with Crippen LogP contribution in [0, 0.1) is 5.21 Å². The summed E-state index contributed by atoms with van der Waals surface area (Å²) in [6, 6.07) is 0. The molecule has 0 amide bonds. The summed E-state index contributed by atoms with van der Waals surface area (Å²) in [5, 5.41) is 10.8. The van der Waals surface area contributed by atoms with Gasteiger partial charge in [0.2, 0.25) is 0 Å². The van der Waals surface area contributed by atoms with Crippen LogP contribution in [-0.4, -0.2) is 6.54 Å². The van der Waals surface area contributed by atoms with Gasteiger partial charge in [0.15, 0.2) is 0 Å². The molecule has 1 rings (SSSR count). The largest absolute Gasteiger partial charge is 0.629 e. The quantitative estimate of drug-likeness (QED) is 0.414. The third-order valence-corrected chi connectivity index (χ3v) is 1.26. The van der Waals surface area contributed by atoms with Gasteiger partial charge in [-0.1, -0.05) is 0 Å². The van der Waals surface area contributed by atoms with Crippen molar-refractivity contribution in [1.29, 1.82) is 0 Å². The van der Waals surface area contributed by atoms with Gasteiger partial charge in [-0.25, -0.2) is 0 Å². The van der Waals surface area contributed by atoms with Crippen molar-refractivity contribution in [3.8, 4) is 0 Å². The van der Waals surface area contributed by atoms with E-state index in [0.29, 0.717) is 5.06 Å². The number of rotatable bonds is 0. The first-order chi connectivity index (χ1) is 3.30. The molecule has 7 heavy (non-hydrogen) atoms. The summed E-state index contributed by atoms with van der Waals surface area (Å²) in [6.07, 6.45) is 2.95. The summed E-state index contributed by atoms with van der Waals surface area (Å²) < 4.78 is 0. The molecule has 1 N–H and O–H groups in total.